The van der Waals surface area contributed by atoms with E-state index in [1.807, 2.05) is 35.2 Å². The molecule has 0 bridgehead atoms. The van der Waals surface area contributed by atoms with Crippen LogP contribution in [0.3, 0.4) is 0 Å². The van der Waals surface area contributed by atoms with E-state index in [-0.39, 0.29) is 12.5 Å². The summed E-state index contributed by atoms with van der Waals surface area (Å²) in [5, 5.41) is 4.64. The van der Waals surface area contributed by atoms with Crippen molar-refractivity contribution in [2.45, 2.75) is 4.21 Å². The average Bonchev–Trinajstić information content (AvgIpc) is 3.32. The molecule has 2 aromatic carbocycles. The summed E-state index contributed by atoms with van der Waals surface area (Å²) in [5.41, 5.74) is 0.685. The standard InChI is InChI=1S/C22H23N3O4S2/c26-21(23-18-8-10-20(11-9-18)29-19-5-2-1-3-6-19)17-24-12-14-25(15-13-24)31(27,28)22-7-4-16-30-22/h1-11,16H,12-15,17H2,(H,23,26). The first-order valence-corrected chi connectivity index (χ1v) is 12.2. The fraction of sp³-hybridized carbons (Fsp3) is 0.227. The van der Waals surface area contributed by atoms with E-state index in [9.17, 15) is 13.2 Å². The van der Waals surface area contributed by atoms with Crippen molar-refractivity contribution in [2.75, 3.05) is 38.0 Å². The van der Waals surface area contributed by atoms with Crippen LogP contribution in [0.25, 0.3) is 0 Å². The molecule has 4 rings (SSSR count). The Labute approximate surface area is 185 Å². The molecule has 0 unspecified atom stereocenters. The molecule has 9 heteroatoms. The number of sulfonamides is 1. The molecule has 0 atom stereocenters. The highest BCUT2D eigenvalue weighted by atomic mass is 32.2. The highest BCUT2D eigenvalue weighted by molar-refractivity contribution is 7.91. The van der Waals surface area contributed by atoms with Crippen molar-refractivity contribution in [1.82, 2.24) is 9.21 Å². The summed E-state index contributed by atoms with van der Waals surface area (Å²) < 4.78 is 32.8. The van der Waals surface area contributed by atoms with Gasteiger partial charge in [-0.2, -0.15) is 4.31 Å². The molecule has 1 N–H and O–H groups in total. The number of anilines is 1. The Hall–Kier alpha value is -2.72. The first-order valence-electron chi connectivity index (χ1n) is 9.89. The first kappa shape index (κ1) is 21.5. The Morgan fingerprint density at radius 3 is 2.23 bits per heavy atom. The fourth-order valence-electron chi connectivity index (χ4n) is 3.30. The number of benzene rings is 2. The number of hydrogen-bond donors (Lipinski definition) is 1. The third-order valence-corrected chi connectivity index (χ3v) is 8.18. The molecule has 0 aliphatic carbocycles. The summed E-state index contributed by atoms with van der Waals surface area (Å²) in [6.45, 7) is 2.00. The second kappa shape index (κ2) is 9.61. The summed E-state index contributed by atoms with van der Waals surface area (Å²) >= 11 is 1.22. The van der Waals surface area contributed by atoms with E-state index in [0.29, 0.717) is 41.8 Å². The van der Waals surface area contributed by atoms with Crippen molar-refractivity contribution in [3.05, 3.63) is 72.1 Å². The Morgan fingerprint density at radius 1 is 0.903 bits per heavy atom. The molecule has 162 valence electrons. The third kappa shape index (κ3) is 5.50. The van der Waals surface area contributed by atoms with Crippen molar-refractivity contribution in [3.8, 4) is 11.5 Å². The second-order valence-corrected chi connectivity index (χ2v) is 10.2. The van der Waals surface area contributed by atoms with Gasteiger partial charge in [0.25, 0.3) is 10.0 Å². The molecule has 2 heterocycles. The van der Waals surface area contributed by atoms with Crippen LogP contribution in [0.15, 0.2) is 76.3 Å². The number of carbonyl (C=O) groups excluding carboxylic acids is 1. The van der Waals surface area contributed by atoms with E-state index in [4.69, 9.17) is 4.74 Å². The minimum Gasteiger partial charge on any atom is -0.457 e. The zero-order valence-corrected chi connectivity index (χ0v) is 18.4. The van der Waals surface area contributed by atoms with Gasteiger partial charge in [-0.3, -0.25) is 9.69 Å². The van der Waals surface area contributed by atoms with E-state index in [1.165, 1.54) is 15.6 Å². The number of amides is 1. The SMILES string of the molecule is O=C(CN1CCN(S(=O)(=O)c2cccs2)CC1)Nc1ccc(Oc2ccccc2)cc1. The van der Waals surface area contributed by atoms with Crippen molar-refractivity contribution in [2.24, 2.45) is 0 Å². The Bertz CT molecular complexity index is 1090. The molecule has 1 aliphatic rings. The van der Waals surface area contributed by atoms with Gasteiger partial charge < -0.3 is 10.1 Å². The molecule has 0 spiro atoms. The monoisotopic (exact) mass is 457 g/mol. The van der Waals surface area contributed by atoms with Gasteiger partial charge in [-0.15, -0.1) is 11.3 Å². The zero-order valence-electron chi connectivity index (χ0n) is 16.8. The summed E-state index contributed by atoms with van der Waals surface area (Å²) in [5.74, 6) is 1.30. The van der Waals surface area contributed by atoms with Crippen LogP contribution in [0.4, 0.5) is 5.69 Å². The Balaban J connectivity index is 1.25. The van der Waals surface area contributed by atoms with Gasteiger partial charge in [0.2, 0.25) is 5.91 Å². The summed E-state index contributed by atoms with van der Waals surface area (Å²) in [7, 11) is -3.43. The van der Waals surface area contributed by atoms with Crippen molar-refractivity contribution >= 4 is 33.0 Å². The van der Waals surface area contributed by atoms with Crippen LogP contribution in [0, 0.1) is 0 Å². The van der Waals surface area contributed by atoms with Crippen LogP contribution < -0.4 is 10.1 Å². The van der Waals surface area contributed by atoms with Crippen LogP contribution in [0.2, 0.25) is 0 Å². The molecular weight excluding hydrogens is 434 g/mol. The normalized spacial score (nSPS) is 15.5. The molecule has 1 fully saturated rings. The van der Waals surface area contributed by atoms with Crippen LogP contribution >= 0.6 is 11.3 Å². The van der Waals surface area contributed by atoms with Gasteiger partial charge in [-0.05, 0) is 47.8 Å². The highest BCUT2D eigenvalue weighted by Crippen LogP contribution is 2.23. The lowest BCUT2D eigenvalue weighted by atomic mass is 10.3. The van der Waals surface area contributed by atoms with Gasteiger partial charge >= 0.3 is 0 Å². The van der Waals surface area contributed by atoms with Gasteiger partial charge in [-0.1, -0.05) is 24.3 Å². The maximum absolute atomic E-state index is 12.6. The predicted octanol–water partition coefficient (Wildman–Crippen LogP) is 3.49. The van der Waals surface area contributed by atoms with Gasteiger partial charge in [0.1, 0.15) is 15.7 Å². The van der Waals surface area contributed by atoms with Gasteiger partial charge in [0.15, 0.2) is 0 Å². The zero-order chi connectivity index (χ0) is 21.7. The molecular formula is C22H23N3O4S2. The summed E-state index contributed by atoms with van der Waals surface area (Å²) in [4.78, 5) is 14.4. The average molecular weight is 458 g/mol. The predicted molar refractivity (Wildman–Crippen MR) is 121 cm³/mol. The maximum Gasteiger partial charge on any atom is 0.252 e. The third-order valence-electron chi connectivity index (χ3n) is 4.90. The molecule has 7 nitrogen and oxygen atoms in total. The van der Waals surface area contributed by atoms with Crippen LogP contribution in [0.5, 0.6) is 11.5 Å². The number of hydrogen-bond acceptors (Lipinski definition) is 6. The topological polar surface area (TPSA) is 79.0 Å². The van der Waals surface area contributed by atoms with E-state index >= 15 is 0 Å². The van der Waals surface area contributed by atoms with Crippen molar-refractivity contribution in [3.63, 3.8) is 0 Å². The molecule has 0 saturated carbocycles. The minimum atomic E-state index is -3.43. The van der Waals surface area contributed by atoms with Gasteiger partial charge in [0.05, 0.1) is 6.54 Å². The summed E-state index contributed by atoms with van der Waals surface area (Å²) in [6.07, 6.45) is 0. The van der Waals surface area contributed by atoms with E-state index < -0.39 is 10.0 Å². The number of thiophene rings is 1. The lowest BCUT2D eigenvalue weighted by Crippen LogP contribution is -2.50. The molecule has 1 saturated heterocycles. The molecule has 31 heavy (non-hydrogen) atoms. The number of ether oxygens (including phenoxy) is 1. The largest absolute Gasteiger partial charge is 0.457 e. The molecule has 3 aromatic rings. The lowest BCUT2D eigenvalue weighted by molar-refractivity contribution is -0.117. The number of carbonyl (C=O) groups is 1. The maximum atomic E-state index is 12.6. The van der Waals surface area contributed by atoms with Crippen LogP contribution in [-0.2, 0) is 14.8 Å². The van der Waals surface area contributed by atoms with Crippen molar-refractivity contribution in [1.29, 1.82) is 0 Å². The highest BCUT2D eigenvalue weighted by Gasteiger charge is 2.29. The number of nitrogens with zero attached hydrogens (tertiary/aromatic N) is 2. The quantitative estimate of drug-likeness (QED) is 0.588. The minimum absolute atomic E-state index is 0.133. The van der Waals surface area contributed by atoms with E-state index in [1.54, 1.807) is 41.8 Å². The molecule has 1 aromatic heterocycles. The number of para-hydroxylation sites is 1. The van der Waals surface area contributed by atoms with Crippen molar-refractivity contribution < 1.29 is 17.9 Å². The van der Waals surface area contributed by atoms with E-state index in [0.717, 1.165) is 5.75 Å². The molecule has 1 amide bonds. The van der Waals surface area contributed by atoms with Gasteiger partial charge in [0, 0.05) is 31.9 Å². The van der Waals surface area contributed by atoms with Gasteiger partial charge in [-0.25, -0.2) is 8.42 Å². The second-order valence-electron chi connectivity index (χ2n) is 7.10. The number of rotatable bonds is 7. The Kier molecular flexibility index (Phi) is 6.67. The Morgan fingerprint density at radius 2 is 1.58 bits per heavy atom. The first-order chi connectivity index (χ1) is 15.0. The van der Waals surface area contributed by atoms with E-state index in [2.05, 4.69) is 5.32 Å². The summed E-state index contributed by atoms with van der Waals surface area (Å²) in [6, 6.07) is 20.0. The number of piperazine rings is 1. The lowest BCUT2D eigenvalue weighted by Gasteiger charge is -2.33. The molecule has 0 radical (unpaired) electrons. The molecule has 1 aliphatic heterocycles. The van der Waals surface area contributed by atoms with Crippen LogP contribution in [0.1, 0.15) is 0 Å². The van der Waals surface area contributed by atoms with Crippen LogP contribution in [-0.4, -0.2) is 56.3 Å². The fourth-order valence-corrected chi connectivity index (χ4v) is 5.87. The number of nitrogens with one attached hydrogen (secondary N) is 1. The smallest absolute Gasteiger partial charge is 0.252 e.